The number of carboxylic acid groups (broad SMARTS) is 1. The molecule has 0 radical (unpaired) electrons. The quantitative estimate of drug-likeness (QED) is 0.253. The Bertz CT molecular complexity index is 440. The molecule has 0 aromatic rings. The van der Waals surface area contributed by atoms with Gasteiger partial charge in [-0.2, -0.15) is 0 Å². The van der Waals surface area contributed by atoms with E-state index in [0.29, 0.717) is 18.6 Å². The monoisotopic (exact) mass is 425 g/mol. The SMILES string of the molecule is CCCCCCCCCCCCC(CCCCC(C)(C)C)(C(=O)O)N1CCOCC1. The molecule has 1 N–H and O–H groups in total. The Kier molecular flexibility index (Phi) is 13.9. The van der Waals surface area contributed by atoms with Crippen LogP contribution in [0.25, 0.3) is 0 Å². The highest BCUT2D eigenvalue weighted by Gasteiger charge is 2.43. The van der Waals surface area contributed by atoms with Crippen LogP contribution in [0.4, 0.5) is 0 Å². The topological polar surface area (TPSA) is 49.8 Å². The van der Waals surface area contributed by atoms with Crippen LogP contribution in [-0.2, 0) is 9.53 Å². The highest BCUT2D eigenvalue weighted by atomic mass is 16.5. The van der Waals surface area contributed by atoms with E-state index >= 15 is 0 Å². The van der Waals surface area contributed by atoms with Crippen molar-refractivity contribution in [2.45, 2.75) is 130 Å². The van der Waals surface area contributed by atoms with Crippen molar-refractivity contribution in [1.82, 2.24) is 4.90 Å². The molecule has 0 bridgehead atoms. The summed E-state index contributed by atoms with van der Waals surface area (Å²) in [5, 5.41) is 10.3. The number of nitrogens with zero attached hydrogens (tertiary/aromatic N) is 1. The van der Waals surface area contributed by atoms with Gasteiger partial charge in [-0.3, -0.25) is 9.69 Å². The lowest BCUT2D eigenvalue weighted by molar-refractivity contribution is -0.156. The first-order valence-electron chi connectivity index (χ1n) is 12.9. The van der Waals surface area contributed by atoms with Gasteiger partial charge in [0.15, 0.2) is 0 Å². The van der Waals surface area contributed by atoms with Crippen molar-refractivity contribution in [3.63, 3.8) is 0 Å². The first-order valence-corrected chi connectivity index (χ1v) is 12.9. The van der Waals surface area contributed by atoms with Gasteiger partial charge in [-0.05, 0) is 24.7 Å². The molecule has 1 rings (SSSR count). The van der Waals surface area contributed by atoms with Gasteiger partial charge >= 0.3 is 5.97 Å². The fourth-order valence-corrected chi connectivity index (χ4v) is 4.76. The van der Waals surface area contributed by atoms with Gasteiger partial charge in [-0.1, -0.05) is 105 Å². The van der Waals surface area contributed by atoms with E-state index in [1.165, 1.54) is 51.4 Å². The van der Waals surface area contributed by atoms with Crippen molar-refractivity contribution in [2.75, 3.05) is 26.3 Å². The summed E-state index contributed by atoms with van der Waals surface area (Å²) in [6, 6.07) is 0. The number of carboxylic acids is 1. The van der Waals surface area contributed by atoms with Crippen molar-refractivity contribution >= 4 is 5.97 Å². The number of morpholine rings is 1. The molecule has 0 saturated carbocycles. The number of ether oxygens (including phenoxy) is 1. The minimum absolute atomic E-state index is 0.321. The standard InChI is InChI=1S/C26H51NO3/c1-5-6-7-8-9-10-11-12-13-14-18-26(24(28)29,27-20-22-30-23-21-27)19-16-15-17-25(2,3)4/h5-23H2,1-4H3,(H,28,29). The fraction of sp³-hybridized carbons (Fsp3) is 0.962. The van der Waals surface area contributed by atoms with Crippen LogP contribution in [0.3, 0.4) is 0 Å². The number of hydrogen-bond acceptors (Lipinski definition) is 3. The van der Waals surface area contributed by atoms with Crippen molar-refractivity contribution in [2.24, 2.45) is 5.41 Å². The second-order valence-electron chi connectivity index (χ2n) is 10.6. The third-order valence-corrected chi connectivity index (χ3v) is 6.73. The highest BCUT2D eigenvalue weighted by Crippen LogP contribution is 2.32. The van der Waals surface area contributed by atoms with E-state index in [1.807, 2.05) is 0 Å². The van der Waals surface area contributed by atoms with Crippen LogP contribution in [-0.4, -0.2) is 47.8 Å². The normalized spacial score (nSPS) is 17.7. The van der Waals surface area contributed by atoms with Gasteiger partial charge in [0, 0.05) is 13.1 Å². The number of carbonyl (C=O) groups is 1. The maximum atomic E-state index is 12.5. The Morgan fingerprint density at radius 2 is 1.20 bits per heavy atom. The first kappa shape index (κ1) is 27.4. The molecule has 1 aliphatic rings. The molecular formula is C26H51NO3. The average Bonchev–Trinajstić information content (AvgIpc) is 2.70. The van der Waals surface area contributed by atoms with E-state index in [0.717, 1.165) is 58.0 Å². The Balaban J connectivity index is 2.46. The van der Waals surface area contributed by atoms with Crippen LogP contribution >= 0.6 is 0 Å². The van der Waals surface area contributed by atoms with Crippen LogP contribution < -0.4 is 0 Å². The Morgan fingerprint density at radius 3 is 1.67 bits per heavy atom. The Labute approximate surface area is 187 Å². The summed E-state index contributed by atoms with van der Waals surface area (Å²) in [5.74, 6) is -0.615. The summed E-state index contributed by atoms with van der Waals surface area (Å²) in [7, 11) is 0. The molecular weight excluding hydrogens is 374 g/mol. The van der Waals surface area contributed by atoms with E-state index in [2.05, 4.69) is 32.6 Å². The molecule has 0 aromatic carbocycles. The molecule has 4 nitrogen and oxygen atoms in total. The number of aliphatic carboxylic acids is 1. The number of unbranched alkanes of at least 4 members (excludes halogenated alkanes) is 10. The Morgan fingerprint density at radius 1 is 0.767 bits per heavy atom. The lowest BCUT2D eigenvalue weighted by Crippen LogP contribution is -2.58. The predicted octanol–water partition coefficient (Wildman–Crippen LogP) is 7.06. The zero-order valence-corrected chi connectivity index (χ0v) is 20.6. The molecule has 1 aliphatic heterocycles. The molecule has 0 aliphatic carbocycles. The highest BCUT2D eigenvalue weighted by molar-refractivity contribution is 5.78. The average molecular weight is 426 g/mol. The molecule has 0 spiro atoms. The van der Waals surface area contributed by atoms with Gasteiger partial charge in [-0.15, -0.1) is 0 Å². The summed E-state index contributed by atoms with van der Waals surface area (Å²) in [6.45, 7) is 11.9. The molecule has 1 fully saturated rings. The molecule has 1 atom stereocenters. The van der Waals surface area contributed by atoms with E-state index in [-0.39, 0.29) is 0 Å². The maximum absolute atomic E-state index is 12.5. The summed E-state index contributed by atoms with van der Waals surface area (Å²) >= 11 is 0. The van der Waals surface area contributed by atoms with Gasteiger partial charge in [0.2, 0.25) is 0 Å². The second kappa shape index (κ2) is 15.2. The van der Waals surface area contributed by atoms with Crippen molar-refractivity contribution in [1.29, 1.82) is 0 Å². The number of hydrogen-bond donors (Lipinski definition) is 1. The summed E-state index contributed by atoms with van der Waals surface area (Å²) in [4.78, 5) is 14.7. The minimum atomic E-state index is -0.693. The predicted molar refractivity (Wildman–Crippen MR) is 127 cm³/mol. The van der Waals surface area contributed by atoms with Crippen molar-refractivity contribution in [3.05, 3.63) is 0 Å². The second-order valence-corrected chi connectivity index (χ2v) is 10.6. The lowest BCUT2D eigenvalue weighted by atomic mass is 9.82. The summed E-state index contributed by atoms with van der Waals surface area (Å²) in [5.41, 5.74) is -0.372. The number of rotatable bonds is 17. The van der Waals surface area contributed by atoms with Gasteiger partial charge in [0.05, 0.1) is 13.2 Å². The smallest absolute Gasteiger partial charge is 0.324 e. The molecule has 4 heteroatoms. The fourth-order valence-electron chi connectivity index (χ4n) is 4.76. The van der Waals surface area contributed by atoms with Gasteiger partial charge in [0.25, 0.3) is 0 Å². The van der Waals surface area contributed by atoms with E-state index in [1.54, 1.807) is 0 Å². The van der Waals surface area contributed by atoms with Crippen molar-refractivity contribution < 1.29 is 14.6 Å². The van der Waals surface area contributed by atoms with E-state index in [4.69, 9.17) is 4.74 Å². The molecule has 1 saturated heterocycles. The lowest BCUT2D eigenvalue weighted by Gasteiger charge is -2.43. The molecule has 30 heavy (non-hydrogen) atoms. The van der Waals surface area contributed by atoms with Crippen LogP contribution in [0.15, 0.2) is 0 Å². The molecule has 0 amide bonds. The van der Waals surface area contributed by atoms with Crippen LogP contribution in [0.5, 0.6) is 0 Å². The minimum Gasteiger partial charge on any atom is -0.480 e. The summed E-state index contributed by atoms with van der Waals surface area (Å²) in [6.07, 6.45) is 17.7. The first-order chi connectivity index (χ1) is 14.3. The molecule has 0 aromatic heterocycles. The third kappa shape index (κ3) is 11.1. The third-order valence-electron chi connectivity index (χ3n) is 6.73. The van der Waals surface area contributed by atoms with Gasteiger partial charge < -0.3 is 9.84 Å². The van der Waals surface area contributed by atoms with Gasteiger partial charge in [-0.25, -0.2) is 0 Å². The van der Waals surface area contributed by atoms with Crippen molar-refractivity contribution in [3.8, 4) is 0 Å². The van der Waals surface area contributed by atoms with E-state index in [9.17, 15) is 9.90 Å². The van der Waals surface area contributed by atoms with Gasteiger partial charge in [0.1, 0.15) is 5.54 Å². The largest absolute Gasteiger partial charge is 0.480 e. The molecule has 178 valence electrons. The maximum Gasteiger partial charge on any atom is 0.324 e. The zero-order valence-electron chi connectivity index (χ0n) is 20.6. The van der Waals surface area contributed by atoms with Crippen LogP contribution in [0.2, 0.25) is 0 Å². The van der Waals surface area contributed by atoms with Crippen LogP contribution in [0, 0.1) is 5.41 Å². The van der Waals surface area contributed by atoms with Crippen LogP contribution in [0.1, 0.15) is 124 Å². The summed E-state index contributed by atoms with van der Waals surface area (Å²) < 4.78 is 5.52. The zero-order chi connectivity index (χ0) is 22.3. The van der Waals surface area contributed by atoms with E-state index < -0.39 is 11.5 Å². The Hall–Kier alpha value is -0.610. The molecule has 1 unspecified atom stereocenters. The molecule has 1 heterocycles.